The fraction of sp³-hybridized carbons (Fsp3) is 0.500. The molecule has 1 atom stereocenters. The molecule has 0 aliphatic rings. The average molecular weight is 371 g/mol. The Morgan fingerprint density at radius 3 is 2.31 bits per heavy atom. The summed E-state index contributed by atoms with van der Waals surface area (Å²) >= 11 is 12.8. The minimum absolute atomic E-state index is 0.503. The van der Waals surface area contributed by atoms with Gasteiger partial charge in [-0.3, -0.25) is 0 Å². The lowest BCUT2D eigenvalue weighted by molar-refractivity contribution is 0.253. The summed E-state index contributed by atoms with van der Waals surface area (Å²) in [6.45, 7) is 5.07. The fourth-order valence-electron chi connectivity index (χ4n) is 1.17. The van der Waals surface area contributed by atoms with E-state index in [0.717, 1.165) is 33.3 Å². The van der Waals surface area contributed by atoms with Gasteiger partial charge in [0.25, 0.3) is 0 Å². The highest BCUT2D eigenvalue weighted by molar-refractivity contribution is 9.11. The molecule has 0 heterocycles. The van der Waals surface area contributed by atoms with Gasteiger partial charge in [0, 0.05) is 5.88 Å². The Morgan fingerprint density at radius 1 is 1.31 bits per heavy atom. The number of rotatable bonds is 5. The van der Waals surface area contributed by atoms with E-state index in [1.54, 1.807) is 0 Å². The van der Waals surface area contributed by atoms with Gasteiger partial charge in [0.1, 0.15) is 5.75 Å². The van der Waals surface area contributed by atoms with Crippen molar-refractivity contribution in [1.29, 1.82) is 0 Å². The van der Waals surface area contributed by atoms with Crippen LogP contribution in [0.15, 0.2) is 21.1 Å². The Bertz CT molecular complexity index is 332. The molecule has 0 aliphatic carbocycles. The number of hydrogen-bond acceptors (Lipinski definition) is 1. The molecule has 0 amide bonds. The molecule has 1 aromatic rings. The van der Waals surface area contributed by atoms with Gasteiger partial charge in [-0.2, -0.15) is 0 Å². The van der Waals surface area contributed by atoms with Crippen molar-refractivity contribution in [3.63, 3.8) is 0 Å². The van der Waals surface area contributed by atoms with Crippen LogP contribution in [0.5, 0.6) is 5.75 Å². The molecule has 0 fully saturated rings. The maximum atomic E-state index is 5.79. The lowest BCUT2D eigenvalue weighted by Gasteiger charge is -2.14. The van der Waals surface area contributed by atoms with E-state index in [2.05, 4.69) is 45.7 Å². The molecule has 16 heavy (non-hydrogen) atoms. The van der Waals surface area contributed by atoms with E-state index in [9.17, 15) is 0 Å². The summed E-state index contributed by atoms with van der Waals surface area (Å²) in [5.74, 6) is 1.92. The first kappa shape index (κ1) is 14.3. The minimum atomic E-state index is 0.503. The highest BCUT2D eigenvalue weighted by Crippen LogP contribution is 2.35. The summed E-state index contributed by atoms with van der Waals surface area (Å²) < 4.78 is 7.67. The molecule has 0 bridgehead atoms. The zero-order chi connectivity index (χ0) is 12.1. The van der Waals surface area contributed by atoms with Crippen molar-refractivity contribution in [3.05, 3.63) is 26.6 Å². The van der Waals surface area contributed by atoms with Gasteiger partial charge < -0.3 is 4.74 Å². The summed E-state index contributed by atoms with van der Waals surface area (Å²) in [5.41, 5.74) is 1.07. The van der Waals surface area contributed by atoms with Crippen LogP contribution in [0, 0.1) is 5.92 Å². The average Bonchev–Trinajstić information content (AvgIpc) is 2.27. The standard InChI is InChI=1S/C12H15Br2ClO/c1-3-8(2)7-16-12-10(13)4-9(6-15)5-11(12)14/h4-5,8H,3,6-7H2,1-2H3. The van der Waals surface area contributed by atoms with Crippen molar-refractivity contribution in [2.45, 2.75) is 26.1 Å². The molecule has 0 spiro atoms. The van der Waals surface area contributed by atoms with Gasteiger partial charge in [0.2, 0.25) is 0 Å². The molecule has 0 aromatic heterocycles. The molecular weight excluding hydrogens is 355 g/mol. The third-order valence-corrected chi connectivity index (χ3v) is 3.91. The normalized spacial score (nSPS) is 12.6. The lowest BCUT2D eigenvalue weighted by atomic mass is 10.1. The van der Waals surface area contributed by atoms with Gasteiger partial charge in [-0.25, -0.2) is 0 Å². The Labute approximate surface area is 119 Å². The molecule has 4 heteroatoms. The van der Waals surface area contributed by atoms with Gasteiger partial charge in [0.15, 0.2) is 0 Å². The number of alkyl halides is 1. The molecular formula is C12H15Br2ClO. The Morgan fingerprint density at radius 2 is 1.88 bits per heavy atom. The van der Waals surface area contributed by atoms with Crippen LogP contribution in [-0.4, -0.2) is 6.61 Å². The molecule has 1 nitrogen and oxygen atoms in total. The monoisotopic (exact) mass is 368 g/mol. The van der Waals surface area contributed by atoms with E-state index >= 15 is 0 Å². The molecule has 0 aliphatic heterocycles. The Hall–Kier alpha value is 0.270. The fourth-order valence-corrected chi connectivity index (χ4v) is 2.84. The summed E-state index contributed by atoms with van der Waals surface area (Å²) in [7, 11) is 0. The van der Waals surface area contributed by atoms with Crippen LogP contribution < -0.4 is 4.74 Å². The third-order valence-electron chi connectivity index (χ3n) is 2.42. The summed E-state index contributed by atoms with van der Waals surface area (Å²) in [4.78, 5) is 0. The van der Waals surface area contributed by atoms with Gasteiger partial charge in [-0.15, -0.1) is 11.6 Å². The zero-order valence-electron chi connectivity index (χ0n) is 9.40. The van der Waals surface area contributed by atoms with Crippen molar-refractivity contribution < 1.29 is 4.74 Å². The van der Waals surface area contributed by atoms with Gasteiger partial charge in [-0.05, 0) is 55.5 Å². The Kier molecular flexibility index (Phi) is 6.16. The predicted molar refractivity (Wildman–Crippen MR) is 76.3 cm³/mol. The van der Waals surface area contributed by atoms with E-state index in [-0.39, 0.29) is 0 Å². The maximum Gasteiger partial charge on any atom is 0.147 e. The first-order chi connectivity index (χ1) is 7.58. The first-order valence-electron chi connectivity index (χ1n) is 5.25. The SMILES string of the molecule is CCC(C)COc1c(Br)cc(CCl)cc1Br. The third kappa shape index (κ3) is 3.94. The summed E-state index contributed by atoms with van der Waals surface area (Å²) in [5, 5.41) is 0. The van der Waals surface area contributed by atoms with Crippen molar-refractivity contribution in [2.75, 3.05) is 6.61 Å². The van der Waals surface area contributed by atoms with Crippen LogP contribution in [0.25, 0.3) is 0 Å². The molecule has 0 N–H and O–H groups in total. The predicted octanol–water partition coefficient (Wildman–Crippen LogP) is 5.38. The summed E-state index contributed by atoms with van der Waals surface area (Å²) in [6.07, 6.45) is 1.12. The van der Waals surface area contributed by atoms with E-state index in [0.29, 0.717) is 11.8 Å². The molecule has 0 saturated heterocycles. The zero-order valence-corrected chi connectivity index (χ0v) is 13.3. The molecule has 0 saturated carbocycles. The molecule has 1 rings (SSSR count). The van der Waals surface area contributed by atoms with Gasteiger partial charge >= 0.3 is 0 Å². The Balaban J connectivity index is 2.80. The van der Waals surface area contributed by atoms with Gasteiger partial charge in [0.05, 0.1) is 15.6 Å². The van der Waals surface area contributed by atoms with E-state index in [1.807, 2.05) is 12.1 Å². The van der Waals surface area contributed by atoms with E-state index in [1.165, 1.54) is 0 Å². The van der Waals surface area contributed by atoms with Crippen molar-refractivity contribution in [1.82, 2.24) is 0 Å². The smallest absolute Gasteiger partial charge is 0.147 e. The van der Waals surface area contributed by atoms with Crippen LogP contribution in [0.4, 0.5) is 0 Å². The van der Waals surface area contributed by atoms with Crippen LogP contribution in [0.3, 0.4) is 0 Å². The second-order valence-corrected chi connectivity index (χ2v) is 5.82. The quantitative estimate of drug-likeness (QED) is 0.633. The van der Waals surface area contributed by atoms with Crippen molar-refractivity contribution >= 4 is 43.5 Å². The minimum Gasteiger partial charge on any atom is -0.491 e. The second-order valence-electron chi connectivity index (χ2n) is 3.85. The number of benzene rings is 1. The molecule has 1 aromatic carbocycles. The highest BCUT2D eigenvalue weighted by Gasteiger charge is 2.10. The maximum absolute atomic E-state index is 5.79. The van der Waals surface area contributed by atoms with Gasteiger partial charge in [-0.1, -0.05) is 20.3 Å². The first-order valence-corrected chi connectivity index (χ1v) is 7.37. The van der Waals surface area contributed by atoms with E-state index < -0.39 is 0 Å². The summed E-state index contributed by atoms with van der Waals surface area (Å²) in [6, 6.07) is 3.98. The molecule has 90 valence electrons. The molecule has 1 unspecified atom stereocenters. The van der Waals surface area contributed by atoms with Crippen molar-refractivity contribution in [3.8, 4) is 5.75 Å². The lowest BCUT2D eigenvalue weighted by Crippen LogP contribution is -2.08. The topological polar surface area (TPSA) is 9.23 Å². The number of ether oxygens (including phenoxy) is 1. The van der Waals surface area contributed by atoms with Crippen LogP contribution in [0.2, 0.25) is 0 Å². The molecule has 0 radical (unpaired) electrons. The van der Waals surface area contributed by atoms with Crippen LogP contribution >= 0.6 is 43.5 Å². The van der Waals surface area contributed by atoms with Crippen molar-refractivity contribution in [2.24, 2.45) is 5.92 Å². The number of halogens is 3. The van der Waals surface area contributed by atoms with Crippen LogP contribution in [-0.2, 0) is 5.88 Å². The van der Waals surface area contributed by atoms with E-state index in [4.69, 9.17) is 16.3 Å². The second kappa shape index (κ2) is 6.87. The number of hydrogen-bond donors (Lipinski definition) is 0. The highest BCUT2D eigenvalue weighted by atomic mass is 79.9. The van der Waals surface area contributed by atoms with Crippen LogP contribution in [0.1, 0.15) is 25.8 Å². The largest absolute Gasteiger partial charge is 0.491 e.